The monoisotopic (exact) mass is 299 g/mol. The van der Waals surface area contributed by atoms with Crippen LogP contribution in [0, 0.1) is 11.7 Å². The zero-order valence-electron chi connectivity index (χ0n) is 11.4. The fraction of sp³-hybridized carbons (Fsp3) is 0.500. The summed E-state index contributed by atoms with van der Waals surface area (Å²) in [5, 5.41) is 0. The minimum absolute atomic E-state index is 0.0161. The molecule has 4 nitrogen and oxygen atoms in total. The highest BCUT2D eigenvalue weighted by Gasteiger charge is 2.26. The molecule has 1 saturated heterocycles. The molecule has 1 amide bonds. The Labute approximate surface area is 118 Å². The SMILES string of the molecule is CC1CCN(C(=O)CS(=O)(=O)c2ccc(F)cc2)CC1. The zero-order chi connectivity index (χ0) is 14.8. The summed E-state index contributed by atoms with van der Waals surface area (Å²) in [7, 11) is -3.70. The van der Waals surface area contributed by atoms with Crippen LogP contribution in [0.4, 0.5) is 4.39 Å². The molecule has 0 aliphatic carbocycles. The van der Waals surface area contributed by atoms with Gasteiger partial charge in [-0.15, -0.1) is 0 Å². The van der Waals surface area contributed by atoms with E-state index in [2.05, 4.69) is 6.92 Å². The Morgan fingerprint density at radius 2 is 1.80 bits per heavy atom. The molecule has 110 valence electrons. The van der Waals surface area contributed by atoms with Gasteiger partial charge in [-0.25, -0.2) is 12.8 Å². The maximum Gasteiger partial charge on any atom is 0.238 e. The molecule has 1 aromatic carbocycles. The molecule has 0 unspecified atom stereocenters. The number of likely N-dealkylation sites (tertiary alicyclic amines) is 1. The predicted octanol–water partition coefficient (Wildman–Crippen LogP) is 1.86. The van der Waals surface area contributed by atoms with Crippen LogP contribution in [0.1, 0.15) is 19.8 Å². The van der Waals surface area contributed by atoms with E-state index in [-0.39, 0.29) is 10.8 Å². The Kier molecular flexibility index (Phi) is 4.42. The first-order chi connectivity index (χ1) is 9.38. The Morgan fingerprint density at radius 3 is 2.35 bits per heavy atom. The smallest absolute Gasteiger partial charge is 0.238 e. The third-order valence-corrected chi connectivity index (χ3v) is 5.24. The highest BCUT2D eigenvalue weighted by molar-refractivity contribution is 7.92. The molecule has 0 N–H and O–H groups in total. The predicted molar refractivity (Wildman–Crippen MR) is 73.4 cm³/mol. The van der Waals surface area contributed by atoms with Gasteiger partial charge in [0.15, 0.2) is 9.84 Å². The van der Waals surface area contributed by atoms with Gasteiger partial charge in [0.05, 0.1) is 4.90 Å². The number of hydrogen-bond donors (Lipinski definition) is 0. The number of rotatable bonds is 3. The van der Waals surface area contributed by atoms with Crippen molar-refractivity contribution in [3.05, 3.63) is 30.1 Å². The molecule has 6 heteroatoms. The van der Waals surface area contributed by atoms with Crippen LogP contribution in [0.25, 0.3) is 0 Å². The van der Waals surface area contributed by atoms with E-state index in [9.17, 15) is 17.6 Å². The fourth-order valence-electron chi connectivity index (χ4n) is 2.24. The van der Waals surface area contributed by atoms with Gasteiger partial charge in [-0.1, -0.05) is 6.92 Å². The molecule has 0 bridgehead atoms. The van der Waals surface area contributed by atoms with E-state index >= 15 is 0 Å². The number of sulfone groups is 1. The summed E-state index contributed by atoms with van der Waals surface area (Å²) in [4.78, 5) is 13.6. The number of carbonyl (C=O) groups excluding carboxylic acids is 1. The second-order valence-corrected chi connectivity index (χ2v) is 7.27. The number of piperidine rings is 1. The Balaban J connectivity index is 2.04. The second kappa shape index (κ2) is 5.91. The van der Waals surface area contributed by atoms with Gasteiger partial charge in [0, 0.05) is 13.1 Å². The maximum absolute atomic E-state index is 12.8. The van der Waals surface area contributed by atoms with E-state index in [0.29, 0.717) is 19.0 Å². The molecule has 0 atom stereocenters. The summed E-state index contributed by atoms with van der Waals surface area (Å²) in [6.07, 6.45) is 1.81. The quantitative estimate of drug-likeness (QED) is 0.801. The zero-order valence-corrected chi connectivity index (χ0v) is 12.2. The van der Waals surface area contributed by atoms with Crippen molar-refractivity contribution in [1.29, 1.82) is 0 Å². The topological polar surface area (TPSA) is 54.5 Å². The number of amides is 1. The Morgan fingerprint density at radius 1 is 1.25 bits per heavy atom. The molecule has 1 aliphatic rings. The van der Waals surface area contributed by atoms with Gasteiger partial charge in [-0.2, -0.15) is 0 Å². The molecule has 1 heterocycles. The lowest BCUT2D eigenvalue weighted by atomic mass is 9.99. The van der Waals surface area contributed by atoms with Crippen molar-refractivity contribution < 1.29 is 17.6 Å². The number of nitrogens with zero attached hydrogens (tertiary/aromatic N) is 1. The van der Waals surface area contributed by atoms with Gasteiger partial charge in [-0.3, -0.25) is 4.79 Å². The molecular weight excluding hydrogens is 281 g/mol. The largest absolute Gasteiger partial charge is 0.342 e. The van der Waals surface area contributed by atoms with Crippen LogP contribution < -0.4 is 0 Å². The first kappa shape index (κ1) is 15.0. The minimum atomic E-state index is -3.70. The fourth-order valence-corrected chi connectivity index (χ4v) is 3.46. The molecule has 0 saturated carbocycles. The lowest BCUT2D eigenvalue weighted by Gasteiger charge is -2.30. The van der Waals surface area contributed by atoms with Crippen molar-refractivity contribution in [2.24, 2.45) is 5.92 Å². The minimum Gasteiger partial charge on any atom is -0.342 e. The number of hydrogen-bond acceptors (Lipinski definition) is 3. The molecule has 2 rings (SSSR count). The summed E-state index contributed by atoms with van der Waals surface area (Å²) < 4.78 is 37.0. The standard InChI is InChI=1S/C14H18FNO3S/c1-11-6-8-16(9-7-11)14(17)10-20(18,19)13-4-2-12(15)3-5-13/h2-5,11H,6-10H2,1H3. The van der Waals surface area contributed by atoms with E-state index in [4.69, 9.17) is 0 Å². The molecule has 1 aliphatic heterocycles. The normalized spacial score (nSPS) is 17.2. The first-order valence-corrected chi connectivity index (χ1v) is 8.30. The molecule has 1 aromatic rings. The molecule has 1 fully saturated rings. The highest BCUT2D eigenvalue weighted by Crippen LogP contribution is 2.18. The van der Waals surface area contributed by atoms with Crippen LogP contribution in [0.3, 0.4) is 0 Å². The molecule has 20 heavy (non-hydrogen) atoms. The highest BCUT2D eigenvalue weighted by atomic mass is 32.2. The summed E-state index contributed by atoms with van der Waals surface area (Å²) >= 11 is 0. The van der Waals surface area contributed by atoms with Gasteiger partial charge >= 0.3 is 0 Å². The third kappa shape index (κ3) is 3.56. The molecule has 0 spiro atoms. The lowest BCUT2D eigenvalue weighted by Crippen LogP contribution is -2.41. The summed E-state index contributed by atoms with van der Waals surface area (Å²) in [6, 6.07) is 4.55. The Hall–Kier alpha value is -1.43. The van der Waals surface area contributed by atoms with E-state index in [1.807, 2.05) is 0 Å². The van der Waals surface area contributed by atoms with Crippen LogP contribution in [0.15, 0.2) is 29.2 Å². The van der Waals surface area contributed by atoms with Crippen LogP contribution >= 0.6 is 0 Å². The van der Waals surface area contributed by atoms with E-state index in [1.165, 1.54) is 12.1 Å². The van der Waals surface area contributed by atoms with Gasteiger partial charge in [0.1, 0.15) is 11.6 Å². The molecule has 0 radical (unpaired) electrons. The summed E-state index contributed by atoms with van der Waals surface area (Å²) in [5.41, 5.74) is 0. The summed E-state index contributed by atoms with van der Waals surface area (Å²) in [5.74, 6) is -0.846. The van der Waals surface area contributed by atoms with E-state index < -0.39 is 21.4 Å². The Bertz CT molecular complexity index is 575. The molecule has 0 aromatic heterocycles. The van der Waals surface area contributed by atoms with E-state index in [0.717, 1.165) is 25.0 Å². The van der Waals surface area contributed by atoms with Crippen molar-refractivity contribution in [2.75, 3.05) is 18.8 Å². The van der Waals surface area contributed by atoms with Gasteiger partial charge in [-0.05, 0) is 43.0 Å². The van der Waals surface area contributed by atoms with Gasteiger partial charge < -0.3 is 4.90 Å². The number of carbonyl (C=O) groups is 1. The van der Waals surface area contributed by atoms with Crippen LogP contribution in [0.2, 0.25) is 0 Å². The van der Waals surface area contributed by atoms with Crippen LogP contribution in [-0.2, 0) is 14.6 Å². The molecular formula is C14H18FNO3S. The van der Waals surface area contributed by atoms with Crippen molar-refractivity contribution in [3.8, 4) is 0 Å². The average Bonchev–Trinajstić information content (AvgIpc) is 2.39. The number of benzene rings is 1. The van der Waals surface area contributed by atoms with Gasteiger partial charge in [0.25, 0.3) is 0 Å². The third-order valence-electron chi connectivity index (χ3n) is 3.62. The van der Waals surface area contributed by atoms with Crippen molar-refractivity contribution >= 4 is 15.7 Å². The van der Waals surface area contributed by atoms with Crippen molar-refractivity contribution in [3.63, 3.8) is 0 Å². The van der Waals surface area contributed by atoms with Crippen LogP contribution in [0.5, 0.6) is 0 Å². The van der Waals surface area contributed by atoms with Crippen molar-refractivity contribution in [1.82, 2.24) is 4.90 Å². The summed E-state index contributed by atoms with van der Waals surface area (Å²) in [6.45, 7) is 3.34. The number of halogens is 1. The van der Waals surface area contributed by atoms with Gasteiger partial charge in [0.2, 0.25) is 5.91 Å². The maximum atomic E-state index is 12.8. The average molecular weight is 299 g/mol. The van der Waals surface area contributed by atoms with E-state index in [1.54, 1.807) is 4.90 Å². The second-order valence-electron chi connectivity index (χ2n) is 5.28. The first-order valence-electron chi connectivity index (χ1n) is 6.64. The van der Waals surface area contributed by atoms with Crippen molar-refractivity contribution in [2.45, 2.75) is 24.7 Å². The lowest BCUT2D eigenvalue weighted by molar-refractivity contribution is -0.129. The van der Waals surface area contributed by atoms with Crippen LogP contribution in [-0.4, -0.2) is 38.1 Å².